The molecule has 1 aliphatic heterocycles. The van der Waals surface area contributed by atoms with Crippen LogP contribution in [0.1, 0.15) is 12.0 Å². The van der Waals surface area contributed by atoms with Crippen molar-refractivity contribution >= 4 is 16.1 Å². The Morgan fingerprint density at radius 3 is 2.34 bits per heavy atom. The van der Waals surface area contributed by atoms with Crippen LogP contribution >= 0.6 is 0 Å². The highest BCUT2D eigenvalue weighted by Crippen LogP contribution is 2.13. The zero-order valence-corrected chi connectivity index (χ0v) is 17.2. The molecule has 1 saturated heterocycles. The van der Waals surface area contributed by atoms with Crippen LogP contribution in [0.25, 0.3) is 6.08 Å². The normalized spacial score (nSPS) is 16.3. The topological polar surface area (TPSA) is 49.9 Å². The van der Waals surface area contributed by atoms with E-state index in [9.17, 15) is 12.8 Å². The van der Waals surface area contributed by atoms with E-state index in [2.05, 4.69) is 29.2 Å². The number of piperazine rings is 1. The van der Waals surface area contributed by atoms with Crippen LogP contribution in [0.4, 0.5) is 4.39 Å². The number of benzene rings is 2. The summed E-state index contributed by atoms with van der Waals surface area (Å²) >= 11 is 0. The molecule has 0 atom stereocenters. The van der Waals surface area contributed by atoms with Crippen LogP contribution in [0.15, 0.2) is 60.7 Å². The molecule has 0 spiro atoms. The third kappa shape index (κ3) is 6.96. The van der Waals surface area contributed by atoms with Gasteiger partial charge in [-0.2, -0.15) is 4.31 Å². The first kappa shape index (κ1) is 21.5. The first-order valence-corrected chi connectivity index (χ1v) is 11.4. The fourth-order valence-electron chi connectivity index (χ4n) is 3.18. The molecule has 3 rings (SSSR count). The van der Waals surface area contributed by atoms with Gasteiger partial charge in [0.1, 0.15) is 11.6 Å². The lowest BCUT2D eigenvalue weighted by molar-refractivity contribution is 0.204. The summed E-state index contributed by atoms with van der Waals surface area (Å²) in [5.41, 5.74) is 1.16. The monoisotopic (exact) mass is 418 g/mol. The van der Waals surface area contributed by atoms with Gasteiger partial charge in [-0.25, -0.2) is 12.8 Å². The van der Waals surface area contributed by atoms with E-state index in [1.807, 2.05) is 18.2 Å². The molecule has 1 fully saturated rings. The summed E-state index contributed by atoms with van der Waals surface area (Å²) in [4.78, 5) is 2.25. The Kier molecular flexibility index (Phi) is 7.80. The highest BCUT2D eigenvalue weighted by Gasteiger charge is 2.26. The first-order valence-electron chi connectivity index (χ1n) is 9.83. The quantitative estimate of drug-likeness (QED) is 0.587. The van der Waals surface area contributed by atoms with Gasteiger partial charge < -0.3 is 4.74 Å². The molecule has 1 aliphatic rings. The van der Waals surface area contributed by atoms with Gasteiger partial charge in [-0.3, -0.25) is 4.90 Å². The summed E-state index contributed by atoms with van der Waals surface area (Å²) in [5, 5.41) is 0. The highest BCUT2D eigenvalue weighted by molar-refractivity contribution is 7.89. The first-order chi connectivity index (χ1) is 14.0. The lowest BCUT2D eigenvalue weighted by atomic mass is 10.2. The Balaban J connectivity index is 1.36. The van der Waals surface area contributed by atoms with E-state index in [-0.39, 0.29) is 18.2 Å². The average molecular weight is 419 g/mol. The second-order valence-corrected chi connectivity index (χ2v) is 9.07. The molecule has 7 heteroatoms. The smallest absolute Gasteiger partial charge is 0.214 e. The Labute approximate surface area is 172 Å². The highest BCUT2D eigenvalue weighted by atomic mass is 32.2. The second-order valence-electron chi connectivity index (χ2n) is 6.98. The Morgan fingerprint density at radius 1 is 0.966 bits per heavy atom. The van der Waals surface area contributed by atoms with E-state index >= 15 is 0 Å². The van der Waals surface area contributed by atoms with Crippen LogP contribution in [-0.2, 0) is 10.0 Å². The van der Waals surface area contributed by atoms with Crippen molar-refractivity contribution in [2.45, 2.75) is 6.42 Å². The predicted octanol–water partition coefficient (Wildman–Crippen LogP) is 3.26. The fourth-order valence-corrected chi connectivity index (χ4v) is 4.64. The lowest BCUT2D eigenvalue weighted by Crippen LogP contribution is -2.49. The third-order valence-electron chi connectivity index (χ3n) is 4.83. The maximum absolute atomic E-state index is 12.9. The largest absolute Gasteiger partial charge is 0.494 e. The zero-order valence-electron chi connectivity index (χ0n) is 16.4. The maximum Gasteiger partial charge on any atom is 0.214 e. The van der Waals surface area contributed by atoms with E-state index < -0.39 is 10.0 Å². The summed E-state index contributed by atoms with van der Waals surface area (Å²) in [7, 11) is -3.28. The van der Waals surface area contributed by atoms with Crippen molar-refractivity contribution in [3.63, 3.8) is 0 Å². The summed E-state index contributed by atoms with van der Waals surface area (Å²) in [5.74, 6) is 0.276. The van der Waals surface area contributed by atoms with Gasteiger partial charge in [-0.05, 0) is 36.2 Å². The van der Waals surface area contributed by atoms with Crippen LogP contribution in [0.5, 0.6) is 5.75 Å². The van der Waals surface area contributed by atoms with Gasteiger partial charge in [0.25, 0.3) is 0 Å². The molecule has 1 heterocycles. The average Bonchev–Trinajstić information content (AvgIpc) is 2.74. The van der Waals surface area contributed by atoms with E-state index in [0.29, 0.717) is 25.3 Å². The Hall–Kier alpha value is -2.22. The van der Waals surface area contributed by atoms with Gasteiger partial charge >= 0.3 is 0 Å². The molecule has 0 unspecified atom stereocenters. The van der Waals surface area contributed by atoms with Crippen molar-refractivity contribution in [3.8, 4) is 5.75 Å². The summed E-state index contributed by atoms with van der Waals surface area (Å²) in [6, 6.07) is 15.8. The van der Waals surface area contributed by atoms with Crippen molar-refractivity contribution < 1.29 is 17.5 Å². The SMILES string of the molecule is O=S(=O)(CCCOc1ccc(F)cc1)N1CCN(C/C=C/c2ccccc2)CC1. The number of sulfonamides is 1. The Bertz CT molecular complexity index is 878. The van der Waals surface area contributed by atoms with Crippen molar-refractivity contribution in [1.82, 2.24) is 9.21 Å². The number of hydrogen-bond acceptors (Lipinski definition) is 4. The van der Waals surface area contributed by atoms with Crippen LogP contribution < -0.4 is 4.74 Å². The summed E-state index contributed by atoms with van der Waals surface area (Å²) in [6.45, 7) is 3.58. The van der Waals surface area contributed by atoms with Gasteiger partial charge in [0.15, 0.2) is 0 Å². The molecule has 5 nitrogen and oxygen atoms in total. The van der Waals surface area contributed by atoms with Gasteiger partial charge in [0, 0.05) is 32.7 Å². The van der Waals surface area contributed by atoms with E-state index in [1.54, 1.807) is 4.31 Å². The minimum atomic E-state index is -3.28. The number of rotatable bonds is 9. The van der Waals surface area contributed by atoms with Crippen molar-refractivity contribution in [2.24, 2.45) is 0 Å². The van der Waals surface area contributed by atoms with Crippen molar-refractivity contribution in [1.29, 1.82) is 0 Å². The van der Waals surface area contributed by atoms with Crippen LogP contribution in [-0.4, -0.2) is 62.7 Å². The molecule has 29 heavy (non-hydrogen) atoms. The molecule has 0 N–H and O–H groups in total. The standard InChI is InChI=1S/C22H27FN2O3S/c23-21-9-11-22(12-10-21)28-18-5-19-29(26,27)25-16-14-24(15-17-25)13-4-8-20-6-2-1-3-7-20/h1-4,6-12H,5,13-19H2/b8-4+. The second kappa shape index (κ2) is 10.5. The lowest BCUT2D eigenvalue weighted by Gasteiger charge is -2.33. The van der Waals surface area contributed by atoms with Gasteiger partial charge in [-0.1, -0.05) is 42.5 Å². The van der Waals surface area contributed by atoms with Crippen molar-refractivity contribution in [3.05, 3.63) is 72.1 Å². The van der Waals surface area contributed by atoms with Crippen LogP contribution in [0, 0.1) is 5.82 Å². The van der Waals surface area contributed by atoms with E-state index in [4.69, 9.17) is 4.74 Å². The molecule has 0 amide bonds. The Morgan fingerprint density at radius 2 is 1.66 bits per heavy atom. The molecular weight excluding hydrogens is 391 g/mol. The molecule has 2 aromatic carbocycles. The molecule has 2 aromatic rings. The van der Waals surface area contributed by atoms with Crippen LogP contribution in [0.2, 0.25) is 0 Å². The summed E-state index contributed by atoms with van der Waals surface area (Å²) < 4.78 is 45.0. The minimum absolute atomic E-state index is 0.0576. The van der Waals surface area contributed by atoms with Crippen LogP contribution in [0.3, 0.4) is 0 Å². The maximum atomic E-state index is 12.9. The van der Waals surface area contributed by atoms with Gasteiger partial charge in [0.05, 0.1) is 12.4 Å². The molecule has 0 aliphatic carbocycles. The van der Waals surface area contributed by atoms with Gasteiger partial charge in [0.2, 0.25) is 10.0 Å². The summed E-state index contributed by atoms with van der Waals surface area (Å²) in [6.07, 6.45) is 4.61. The van der Waals surface area contributed by atoms with E-state index in [0.717, 1.165) is 25.2 Å². The number of ether oxygens (including phenoxy) is 1. The molecule has 0 radical (unpaired) electrons. The molecule has 0 aromatic heterocycles. The molecule has 0 bridgehead atoms. The minimum Gasteiger partial charge on any atom is -0.494 e. The molecular formula is C22H27FN2O3S. The molecule has 0 saturated carbocycles. The number of hydrogen-bond donors (Lipinski definition) is 0. The fraction of sp³-hybridized carbons (Fsp3) is 0.364. The zero-order chi connectivity index (χ0) is 20.5. The molecule has 156 valence electrons. The van der Waals surface area contributed by atoms with Crippen molar-refractivity contribution in [2.75, 3.05) is 45.1 Å². The van der Waals surface area contributed by atoms with E-state index in [1.165, 1.54) is 24.3 Å². The third-order valence-corrected chi connectivity index (χ3v) is 6.78. The van der Waals surface area contributed by atoms with Gasteiger partial charge in [-0.15, -0.1) is 0 Å². The number of halogens is 1. The predicted molar refractivity (Wildman–Crippen MR) is 114 cm³/mol. The number of nitrogens with zero attached hydrogens (tertiary/aromatic N) is 2.